The van der Waals surface area contributed by atoms with E-state index in [1.165, 1.54) is 0 Å². The van der Waals surface area contributed by atoms with Crippen molar-refractivity contribution >= 4 is 17.6 Å². The average Bonchev–Trinajstić information content (AvgIpc) is 2.64. The fourth-order valence-electron chi connectivity index (χ4n) is 2.01. The highest BCUT2D eigenvalue weighted by Crippen LogP contribution is 2.27. The number of hydrogen-bond donors (Lipinski definition) is 4. The van der Waals surface area contributed by atoms with Crippen LogP contribution in [0.4, 0.5) is 5.82 Å². The lowest BCUT2D eigenvalue weighted by Gasteiger charge is -2.16. The van der Waals surface area contributed by atoms with Gasteiger partial charge in [0.2, 0.25) is 0 Å². The molecule has 8 heteroatoms. The predicted octanol–water partition coefficient (Wildman–Crippen LogP) is 1.79. The van der Waals surface area contributed by atoms with E-state index in [4.69, 9.17) is 10.6 Å². The molecule has 0 saturated carbocycles. The molecule has 136 valence electrons. The van der Waals surface area contributed by atoms with Gasteiger partial charge in [0.25, 0.3) is 0 Å². The van der Waals surface area contributed by atoms with Crippen molar-refractivity contribution in [3.8, 4) is 5.75 Å². The van der Waals surface area contributed by atoms with Gasteiger partial charge in [-0.1, -0.05) is 43.8 Å². The van der Waals surface area contributed by atoms with E-state index >= 15 is 0 Å². The van der Waals surface area contributed by atoms with Crippen LogP contribution in [0.1, 0.15) is 19.4 Å². The maximum atomic E-state index is 9.98. The summed E-state index contributed by atoms with van der Waals surface area (Å²) in [6.45, 7) is 4.84. The summed E-state index contributed by atoms with van der Waals surface area (Å²) in [6, 6.07) is 11.8. The molecule has 7 nitrogen and oxygen atoms in total. The molecule has 0 saturated heterocycles. The zero-order chi connectivity index (χ0) is 18.1. The number of aromatic nitrogens is 2. The van der Waals surface area contributed by atoms with E-state index in [0.29, 0.717) is 24.2 Å². The van der Waals surface area contributed by atoms with Gasteiger partial charge in [-0.2, -0.15) is 0 Å². The van der Waals surface area contributed by atoms with Crippen LogP contribution in [0, 0.1) is 0 Å². The highest BCUT2D eigenvalue weighted by molar-refractivity contribution is 7.98. The lowest BCUT2D eigenvalue weighted by Crippen LogP contribution is -2.35. The molecule has 0 spiro atoms. The molecule has 0 radical (unpaired) electrons. The standard InChI is InChI=1S/C17H25N5O2S/c1-12(2)19-9-14(23)10-24-15-6-4-3-5-13(15)11-25-17-8-7-16(20-18)21-22-17/h3-8,12,14,19,23H,9-11,18H2,1-2H3,(H,20,21). The van der Waals surface area contributed by atoms with Crippen LogP contribution in [0.15, 0.2) is 41.4 Å². The quantitative estimate of drug-likeness (QED) is 0.288. The van der Waals surface area contributed by atoms with Crippen molar-refractivity contribution in [1.82, 2.24) is 15.5 Å². The monoisotopic (exact) mass is 363 g/mol. The summed E-state index contributed by atoms with van der Waals surface area (Å²) in [5.74, 6) is 7.27. The number of nitrogens with one attached hydrogen (secondary N) is 2. The van der Waals surface area contributed by atoms with Gasteiger partial charge < -0.3 is 20.6 Å². The van der Waals surface area contributed by atoms with E-state index in [2.05, 4.69) is 20.9 Å². The first-order valence-corrected chi connectivity index (χ1v) is 9.12. The van der Waals surface area contributed by atoms with Crippen molar-refractivity contribution in [2.24, 2.45) is 5.84 Å². The van der Waals surface area contributed by atoms with Crippen molar-refractivity contribution in [2.45, 2.75) is 36.8 Å². The second-order valence-corrected chi connectivity index (χ2v) is 6.82. The van der Waals surface area contributed by atoms with Crippen molar-refractivity contribution in [1.29, 1.82) is 0 Å². The first-order valence-electron chi connectivity index (χ1n) is 8.13. The Morgan fingerprint density at radius 2 is 2.00 bits per heavy atom. The summed E-state index contributed by atoms with van der Waals surface area (Å²) in [5.41, 5.74) is 3.49. The van der Waals surface area contributed by atoms with Gasteiger partial charge in [-0.25, -0.2) is 5.84 Å². The van der Waals surface area contributed by atoms with Crippen LogP contribution in [0.5, 0.6) is 5.75 Å². The van der Waals surface area contributed by atoms with Gasteiger partial charge in [0.1, 0.15) is 23.5 Å². The first kappa shape index (κ1) is 19.5. The van der Waals surface area contributed by atoms with Crippen LogP contribution in [-0.4, -0.2) is 40.6 Å². The number of aliphatic hydroxyl groups excluding tert-OH is 1. The van der Waals surface area contributed by atoms with Crippen LogP contribution in [-0.2, 0) is 5.75 Å². The lowest BCUT2D eigenvalue weighted by molar-refractivity contribution is 0.104. The van der Waals surface area contributed by atoms with Crippen molar-refractivity contribution in [2.75, 3.05) is 18.6 Å². The Labute approximate surface area is 152 Å². The van der Waals surface area contributed by atoms with Crippen LogP contribution in [0.3, 0.4) is 0 Å². The Morgan fingerprint density at radius 3 is 2.68 bits per heavy atom. The van der Waals surface area contributed by atoms with Gasteiger partial charge >= 0.3 is 0 Å². The van der Waals surface area contributed by atoms with E-state index in [1.54, 1.807) is 17.8 Å². The SMILES string of the molecule is CC(C)NCC(O)COc1ccccc1CSc1ccc(NN)nn1. The lowest BCUT2D eigenvalue weighted by atomic mass is 10.2. The zero-order valence-corrected chi connectivity index (χ0v) is 15.3. The molecule has 2 aromatic rings. The van der Waals surface area contributed by atoms with Gasteiger partial charge in [-0.15, -0.1) is 10.2 Å². The normalized spacial score (nSPS) is 12.2. The summed E-state index contributed by atoms with van der Waals surface area (Å²) in [7, 11) is 0. The van der Waals surface area contributed by atoms with Gasteiger partial charge in [-0.3, -0.25) is 0 Å². The largest absolute Gasteiger partial charge is 0.491 e. The minimum absolute atomic E-state index is 0.248. The number of aliphatic hydroxyl groups is 1. The van der Waals surface area contributed by atoms with E-state index in [9.17, 15) is 5.11 Å². The number of ether oxygens (including phenoxy) is 1. The Balaban J connectivity index is 1.88. The molecular weight excluding hydrogens is 338 g/mol. The van der Waals surface area contributed by atoms with Gasteiger partial charge in [0, 0.05) is 23.9 Å². The molecule has 5 N–H and O–H groups in total. The number of anilines is 1. The molecule has 1 unspecified atom stereocenters. The Hall–Kier alpha value is -1.87. The minimum Gasteiger partial charge on any atom is -0.491 e. The predicted molar refractivity (Wildman–Crippen MR) is 100 cm³/mol. The molecule has 1 atom stereocenters. The molecule has 0 bridgehead atoms. The summed E-state index contributed by atoms with van der Waals surface area (Å²) >= 11 is 1.56. The third-order valence-corrected chi connectivity index (χ3v) is 4.30. The number of nitrogens with two attached hydrogens (primary N) is 1. The molecule has 1 heterocycles. The molecular formula is C17H25N5O2S. The number of rotatable bonds is 10. The number of benzene rings is 1. The third kappa shape index (κ3) is 6.87. The summed E-state index contributed by atoms with van der Waals surface area (Å²) in [5, 5.41) is 22.0. The highest BCUT2D eigenvalue weighted by atomic mass is 32.2. The van der Waals surface area contributed by atoms with E-state index in [1.807, 2.05) is 44.2 Å². The second kappa shape index (κ2) is 10.2. The average molecular weight is 363 g/mol. The highest BCUT2D eigenvalue weighted by Gasteiger charge is 2.09. The van der Waals surface area contributed by atoms with E-state index < -0.39 is 6.10 Å². The minimum atomic E-state index is -0.551. The molecule has 0 aliphatic heterocycles. The molecule has 1 aromatic heterocycles. The molecule has 1 aromatic carbocycles. The second-order valence-electron chi connectivity index (χ2n) is 5.83. The maximum absolute atomic E-state index is 9.98. The summed E-state index contributed by atoms with van der Waals surface area (Å²) in [4.78, 5) is 0. The molecule has 25 heavy (non-hydrogen) atoms. The molecule has 0 aliphatic rings. The topological polar surface area (TPSA) is 105 Å². The van der Waals surface area contributed by atoms with Crippen molar-refractivity contribution in [3.63, 3.8) is 0 Å². The Kier molecular flexibility index (Phi) is 7.93. The van der Waals surface area contributed by atoms with Gasteiger partial charge in [0.05, 0.1) is 0 Å². The van der Waals surface area contributed by atoms with Gasteiger partial charge in [0.15, 0.2) is 5.82 Å². The molecule has 0 amide bonds. The summed E-state index contributed by atoms with van der Waals surface area (Å²) < 4.78 is 5.79. The van der Waals surface area contributed by atoms with Crippen LogP contribution < -0.4 is 21.3 Å². The number of hydrogen-bond acceptors (Lipinski definition) is 8. The molecule has 0 fully saturated rings. The van der Waals surface area contributed by atoms with Crippen LogP contribution >= 0.6 is 11.8 Å². The number of thioether (sulfide) groups is 1. The summed E-state index contributed by atoms with van der Waals surface area (Å²) in [6.07, 6.45) is -0.551. The van der Waals surface area contributed by atoms with Crippen molar-refractivity contribution in [3.05, 3.63) is 42.0 Å². The fourth-order valence-corrected chi connectivity index (χ4v) is 2.81. The third-order valence-electron chi connectivity index (χ3n) is 3.33. The Bertz CT molecular complexity index is 639. The van der Waals surface area contributed by atoms with Crippen LogP contribution in [0.2, 0.25) is 0 Å². The number of nitrogens with zero attached hydrogens (tertiary/aromatic N) is 2. The van der Waals surface area contributed by atoms with Crippen LogP contribution in [0.25, 0.3) is 0 Å². The Morgan fingerprint density at radius 1 is 1.20 bits per heavy atom. The maximum Gasteiger partial charge on any atom is 0.162 e. The zero-order valence-electron chi connectivity index (χ0n) is 14.5. The molecule has 2 rings (SSSR count). The van der Waals surface area contributed by atoms with E-state index in [0.717, 1.165) is 16.3 Å². The van der Waals surface area contributed by atoms with E-state index in [-0.39, 0.29) is 6.61 Å². The molecule has 0 aliphatic carbocycles. The smallest absolute Gasteiger partial charge is 0.162 e. The number of para-hydroxylation sites is 1. The van der Waals surface area contributed by atoms with Crippen molar-refractivity contribution < 1.29 is 9.84 Å². The first-order chi connectivity index (χ1) is 12.1. The number of nitrogen functional groups attached to an aromatic ring is 1. The van der Waals surface area contributed by atoms with Gasteiger partial charge in [-0.05, 0) is 18.2 Å². The fraction of sp³-hybridized carbons (Fsp3) is 0.412. The number of hydrazine groups is 1.